The second-order valence-corrected chi connectivity index (χ2v) is 7.69. The molecule has 0 fully saturated rings. The maximum atomic E-state index is 4.92. The molecule has 0 saturated heterocycles. The third-order valence-corrected chi connectivity index (χ3v) is 4.97. The number of hydrogen-bond donors (Lipinski definition) is 0. The molecule has 1 aromatic rings. The first-order valence-electron chi connectivity index (χ1n) is 9.94. The summed E-state index contributed by atoms with van der Waals surface area (Å²) in [4.78, 5) is 7.09. The van der Waals surface area contributed by atoms with Gasteiger partial charge in [0, 0.05) is 17.9 Å². The second-order valence-electron chi connectivity index (χ2n) is 7.69. The Kier molecular flexibility index (Phi) is 18.2. The van der Waals surface area contributed by atoms with E-state index in [0.717, 1.165) is 25.8 Å². The molecule has 0 spiro atoms. The fourth-order valence-corrected chi connectivity index (χ4v) is 3.50. The van der Waals surface area contributed by atoms with E-state index in [4.69, 9.17) is 4.99 Å². The summed E-state index contributed by atoms with van der Waals surface area (Å²) >= 11 is 0. The molecule has 162 valence electrons. The van der Waals surface area contributed by atoms with Crippen LogP contribution in [0.3, 0.4) is 0 Å². The monoisotopic (exact) mass is 564 g/mol. The van der Waals surface area contributed by atoms with Gasteiger partial charge in [0.15, 0.2) is 0 Å². The maximum Gasteiger partial charge on any atom is 4.00 e. The van der Waals surface area contributed by atoms with Crippen LogP contribution in [0, 0.1) is 29.3 Å². The van der Waals surface area contributed by atoms with Gasteiger partial charge in [-0.05, 0) is 48.6 Å². The Morgan fingerprint density at radius 2 is 1.59 bits per heavy atom. The number of allylic oxidation sites excluding steroid dienone is 2. The van der Waals surface area contributed by atoms with E-state index in [1.807, 2.05) is 0 Å². The molecule has 0 bridgehead atoms. The van der Waals surface area contributed by atoms with Crippen LogP contribution in [0.2, 0.25) is 0 Å². The first-order chi connectivity index (χ1) is 12.0. The molecule has 29 heavy (non-hydrogen) atoms. The number of aliphatic imine (C=N–C) groups is 1. The van der Waals surface area contributed by atoms with E-state index < -0.39 is 0 Å². The van der Waals surface area contributed by atoms with Crippen molar-refractivity contribution in [2.24, 2.45) is 4.99 Å². The number of hydrogen-bond acceptors (Lipinski definition) is 2. The fraction of sp³-hybridized carbons (Fsp3) is 0.500. The van der Waals surface area contributed by atoms with Gasteiger partial charge in [0.25, 0.3) is 0 Å². The molecule has 2 nitrogen and oxygen atoms in total. The first kappa shape index (κ1) is 33.0. The number of anilines is 1. The van der Waals surface area contributed by atoms with E-state index in [-0.39, 0.29) is 48.1 Å². The van der Waals surface area contributed by atoms with Gasteiger partial charge in [-0.2, -0.15) is 0 Å². The van der Waals surface area contributed by atoms with Gasteiger partial charge in [-0.15, -0.1) is 0 Å². The fourth-order valence-electron chi connectivity index (χ4n) is 3.50. The van der Waals surface area contributed by atoms with Crippen LogP contribution in [0.1, 0.15) is 89.7 Å². The van der Waals surface area contributed by atoms with E-state index >= 15 is 0 Å². The van der Waals surface area contributed by atoms with Gasteiger partial charge < -0.3 is 27.2 Å². The summed E-state index contributed by atoms with van der Waals surface area (Å²) in [5.41, 5.74) is 6.49. The van der Waals surface area contributed by atoms with Crippen molar-refractivity contribution in [2.45, 2.75) is 78.6 Å². The van der Waals surface area contributed by atoms with Crippen molar-refractivity contribution in [3.8, 4) is 0 Å². The SMILES string of the molecule is [CH2-]N(C1=CCCCC1=NCCCC)c1c(C(C)C)cccc1C(C)C.[CH3-].[CH3-].[CH3-].[Hf+4]. The van der Waals surface area contributed by atoms with Gasteiger partial charge in [-0.1, -0.05) is 65.3 Å². The molecule has 0 amide bonds. The van der Waals surface area contributed by atoms with Crippen LogP contribution in [0.15, 0.2) is 35.0 Å². The van der Waals surface area contributed by atoms with Gasteiger partial charge in [-0.3, -0.25) is 12.0 Å². The molecule has 3 heteroatoms. The van der Waals surface area contributed by atoms with Gasteiger partial charge in [0.1, 0.15) is 0 Å². The Morgan fingerprint density at radius 1 is 1.03 bits per heavy atom. The smallest absolute Gasteiger partial charge is 0.495 e. The molecule has 0 saturated carbocycles. The van der Waals surface area contributed by atoms with Gasteiger partial charge >= 0.3 is 25.8 Å². The molecular formula is C26H44HfN2. The molecule has 0 aromatic heterocycles. The van der Waals surface area contributed by atoms with Crippen LogP contribution >= 0.6 is 0 Å². The molecular weight excluding hydrogens is 519 g/mol. The number of unbranched alkanes of at least 4 members (excludes halogenated alkanes) is 1. The van der Waals surface area contributed by atoms with Crippen molar-refractivity contribution in [2.75, 3.05) is 11.4 Å². The van der Waals surface area contributed by atoms with Crippen LogP contribution in [0.4, 0.5) is 5.69 Å². The van der Waals surface area contributed by atoms with Gasteiger partial charge in [0.2, 0.25) is 0 Å². The van der Waals surface area contributed by atoms with Crippen molar-refractivity contribution in [1.29, 1.82) is 0 Å². The third-order valence-electron chi connectivity index (χ3n) is 4.97. The zero-order valence-corrected chi connectivity index (χ0v) is 23.9. The first-order valence-corrected chi connectivity index (χ1v) is 9.94. The normalized spacial score (nSPS) is 14.3. The third kappa shape index (κ3) is 8.52. The average Bonchev–Trinajstić information content (AvgIpc) is 2.61. The molecule has 1 aromatic carbocycles. The Balaban J connectivity index is -0.00000169. The number of para-hydroxylation sites is 1. The van der Waals surface area contributed by atoms with E-state index in [1.54, 1.807) is 0 Å². The van der Waals surface area contributed by atoms with Crippen molar-refractivity contribution < 1.29 is 25.8 Å². The zero-order valence-electron chi connectivity index (χ0n) is 20.3. The molecule has 0 unspecified atom stereocenters. The summed E-state index contributed by atoms with van der Waals surface area (Å²) in [6, 6.07) is 6.69. The number of nitrogens with zero attached hydrogens (tertiary/aromatic N) is 2. The molecule has 1 aliphatic carbocycles. The summed E-state index contributed by atoms with van der Waals surface area (Å²) in [6.45, 7) is 12.2. The largest absolute Gasteiger partial charge is 4.00 e. The van der Waals surface area contributed by atoms with E-state index in [2.05, 4.69) is 70.8 Å². The summed E-state index contributed by atoms with van der Waals surface area (Å²) in [7, 11) is 4.48. The van der Waals surface area contributed by atoms with Crippen molar-refractivity contribution >= 4 is 11.4 Å². The predicted molar refractivity (Wildman–Crippen MR) is 131 cm³/mol. The van der Waals surface area contributed by atoms with Crippen molar-refractivity contribution in [3.63, 3.8) is 0 Å². The molecule has 0 radical (unpaired) electrons. The van der Waals surface area contributed by atoms with Crippen molar-refractivity contribution in [3.05, 3.63) is 70.4 Å². The molecule has 0 aliphatic heterocycles. The van der Waals surface area contributed by atoms with Crippen LogP contribution in [0.5, 0.6) is 0 Å². The number of benzene rings is 1. The zero-order chi connectivity index (χ0) is 18.4. The quantitative estimate of drug-likeness (QED) is 0.186. The molecule has 1 aliphatic rings. The Hall–Kier alpha value is -0.700. The van der Waals surface area contributed by atoms with Crippen LogP contribution in [0.25, 0.3) is 0 Å². The molecule has 2 rings (SSSR count). The summed E-state index contributed by atoms with van der Waals surface area (Å²) in [5.74, 6) is 0.949. The van der Waals surface area contributed by atoms with E-state index in [1.165, 1.54) is 41.1 Å². The summed E-state index contributed by atoms with van der Waals surface area (Å²) in [5, 5.41) is 0. The average molecular weight is 563 g/mol. The standard InChI is InChI=1S/C23H35N2.3CH3.Hf/c1-7-8-16-24-21-14-9-10-15-22(21)25(6)23-19(17(2)3)12-11-13-20(23)18(4)5;;;;/h11-13,15,17-18H,6-10,14,16H2,1-5H3;3*1H3;/q4*-1;+4. The second kappa shape index (κ2) is 16.1. The van der Waals surface area contributed by atoms with Crippen LogP contribution in [-0.2, 0) is 25.8 Å². The minimum atomic E-state index is 0. The predicted octanol–water partition coefficient (Wildman–Crippen LogP) is 8.19. The molecule has 0 N–H and O–H groups in total. The van der Waals surface area contributed by atoms with Crippen LogP contribution in [-0.4, -0.2) is 12.3 Å². The van der Waals surface area contributed by atoms with Gasteiger partial charge in [0.05, 0.1) is 5.71 Å². The Morgan fingerprint density at radius 3 is 2.07 bits per heavy atom. The van der Waals surface area contributed by atoms with Gasteiger partial charge in [-0.25, -0.2) is 0 Å². The van der Waals surface area contributed by atoms with Crippen LogP contribution < -0.4 is 4.90 Å². The minimum absolute atomic E-state index is 0. The minimum Gasteiger partial charge on any atom is -0.495 e. The maximum absolute atomic E-state index is 4.92. The number of rotatable bonds is 7. The van der Waals surface area contributed by atoms with E-state index in [9.17, 15) is 0 Å². The topological polar surface area (TPSA) is 15.6 Å². The van der Waals surface area contributed by atoms with Crippen molar-refractivity contribution in [1.82, 2.24) is 0 Å². The molecule has 0 heterocycles. The Labute approximate surface area is 202 Å². The Bertz CT molecular complexity index is 603. The molecule has 0 atom stereocenters. The summed E-state index contributed by atoms with van der Waals surface area (Å²) in [6.07, 6.45) is 8.08. The summed E-state index contributed by atoms with van der Waals surface area (Å²) < 4.78 is 0. The van der Waals surface area contributed by atoms with E-state index in [0.29, 0.717) is 11.8 Å².